The van der Waals surface area contributed by atoms with Gasteiger partial charge in [0.2, 0.25) is 5.89 Å². The monoisotopic (exact) mass is 484 g/mol. The van der Waals surface area contributed by atoms with Gasteiger partial charge in [0.1, 0.15) is 24.6 Å². The zero-order chi connectivity index (χ0) is 21.5. The van der Waals surface area contributed by atoms with Crippen LogP contribution >= 0.6 is 46.3 Å². The molecule has 1 amide bonds. The van der Waals surface area contributed by atoms with Gasteiger partial charge in [-0.25, -0.2) is 9.78 Å². The van der Waals surface area contributed by atoms with Crippen molar-refractivity contribution in [3.05, 3.63) is 63.3 Å². The van der Waals surface area contributed by atoms with E-state index in [1.807, 2.05) is 23.8 Å². The third-order valence-corrected chi connectivity index (χ3v) is 6.07. The molecular weight excluding hydrogens is 467 g/mol. The number of ether oxygens (including phenoxy) is 1. The summed E-state index contributed by atoms with van der Waals surface area (Å²) >= 11 is 15.0. The molecular formula is C20H18Cl2N2O4S2. The maximum absolute atomic E-state index is 12.6. The first-order valence-corrected chi connectivity index (χ1v) is 11.9. The minimum Gasteiger partial charge on any atom is -0.458 e. The third-order valence-electron chi connectivity index (χ3n) is 4.02. The Bertz CT molecular complexity index is 1010. The van der Waals surface area contributed by atoms with Crippen molar-refractivity contribution in [3.63, 3.8) is 0 Å². The standard InChI is InChI=1S/C20H18Cl2N2O4S2/c1-29-8-6-16(24-18(25)14-5-4-12(21)9-15(14)22)20(26)28-11-13-10-27-19(23-13)17-3-2-7-30-17/h2-5,7,9-10,16H,6,8,11H2,1H3,(H,24,25). The van der Waals surface area contributed by atoms with Crippen LogP contribution < -0.4 is 5.32 Å². The summed E-state index contributed by atoms with van der Waals surface area (Å²) in [5.41, 5.74) is 0.725. The van der Waals surface area contributed by atoms with Crippen LogP contribution in [0.5, 0.6) is 0 Å². The Labute approximate surface area is 191 Å². The van der Waals surface area contributed by atoms with E-state index in [2.05, 4.69) is 10.3 Å². The second-order valence-electron chi connectivity index (χ2n) is 6.16. The number of thiophene rings is 1. The van der Waals surface area contributed by atoms with Gasteiger partial charge in [0.15, 0.2) is 0 Å². The number of halogens is 2. The maximum Gasteiger partial charge on any atom is 0.329 e. The summed E-state index contributed by atoms with van der Waals surface area (Å²) < 4.78 is 10.8. The summed E-state index contributed by atoms with van der Waals surface area (Å²) in [7, 11) is 0. The highest BCUT2D eigenvalue weighted by molar-refractivity contribution is 7.98. The van der Waals surface area contributed by atoms with E-state index in [1.165, 1.54) is 29.7 Å². The predicted molar refractivity (Wildman–Crippen MR) is 120 cm³/mol. The van der Waals surface area contributed by atoms with Gasteiger partial charge in [0.25, 0.3) is 5.91 Å². The summed E-state index contributed by atoms with van der Waals surface area (Å²) in [6, 6.07) is 7.52. The Kier molecular flexibility index (Phi) is 8.21. The zero-order valence-electron chi connectivity index (χ0n) is 15.9. The van der Waals surface area contributed by atoms with Crippen molar-refractivity contribution in [2.75, 3.05) is 12.0 Å². The van der Waals surface area contributed by atoms with Crippen LogP contribution in [0.3, 0.4) is 0 Å². The molecule has 0 aliphatic rings. The van der Waals surface area contributed by atoms with E-state index in [0.717, 1.165) is 4.88 Å². The van der Waals surface area contributed by atoms with Gasteiger partial charge in [0.05, 0.1) is 15.5 Å². The maximum atomic E-state index is 12.6. The van der Waals surface area contributed by atoms with Gasteiger partial charge in [0, 0.05) is 5.02 Å². The summed E-state index contributed by atoms with van der Waals surface area (Å²) in [5, 5.41) is 5.25. The summed E-state index contributed by atoms with van der Waals surface area (Å²) in [6.07, 6.45) is 3.78. The van der Waals surface area contributed by atoms with Crippen LogP contribution in [-0.2, 0) is 16.1 Å². The van der Waals surface area contributed by atoms with E-state index in [0.29, 0.717) is 28.8 Å². The van der Waals surface area contributed by atoms with Gasteiger partial charge >= 0.3 is 5.97 Å². The van der Waals surface area contributed by atoms with Crippen molar-refractivity contribution in [2.45, 2.75) is 19.1 Å². The van der Waals surface area contributed by atoms with E-state index in [1.54, 1.807) is 17.8 Å². The summed E-state index contributed by atoms with van der Waals surface area (Å²) in [6.45, 7) is -0.0545. The van der Waals surface area contributed by atoms with E-state index in [9.17, 15) is 9.59 Å². The highest BCUT2D eigenvalue weighted by atomic mass is 35.5. The molecule has 1 atom stereocenters. The number of nitrogens with one attached hydrogen (secondary N) is 1. The molecule has 3 rings (SSSR count). The molecule has 1 N–H and O–H groups in total. The number of benzene rings is 1. The quantitative estimate of drug-likeness (QED) is 0.414. The van der Waals surface area contributed by atoms with Crippen molar-refractivity contribution < 1.29 is 18.7 Å². The van der Waals surface area contributed by atoms with E-state index >= 15 is 0 Å². The molecule has 0 spiro atoms. The minimum atomic E-state index is -0.819. The number of carbonyl (C=O) groups is 2. The van der Waals surface area contributed by atoms with Gasteiger partial charge < -0.3 is 14.5 Å². The summed E-state index contributed by atoms with van der Waals surface area (Å²) in [5.74, 6) is 0.117. The highest BCUT2D eigenvalue weighted by Crippen LogP contribution is 2.24. The van der Waals surface area contributed by atoms with Crippen molar-refractivity contribution in [3.8, 4) is 10.8 Å². The molecule has 1 unspecified atom stereocenters. The average Bonchev–Trinajstić information content (AvgIpc) is 3.40. The number of amides is 1. The van der Waals surface area contributed by atoms with Crippen molar-refractivity contribution >= 4 is 58.2 Å². The second-order valence-corrected chi connectivity index (χ2v) is 8.94. The second kappa shape index (κ2) is 10.9. The average molecular weight is 485 g/mol. The van der Waals surface area contributed by atoms with Crippen LogP contribution in [0.1, 0.15) is 22.5 Å². The van der Waals surface area contributed by atoms with E-state index in [4.69, 9.17) is 32.4 Å². The molecule has 30 heavy (non-hydrogen) atoms. The SMILES string of the molecule is CSCCC(NC(=O)c1ccc(Cl)cc1Cl)C(=O)OCc1coc(-c2cccs2)n1. The number of esters is 1. The first kappa shape index (κ1) is 22.7. The smallest absolute Gasteiger partial charge is 0.329 e. The lowest BCUT2D eigenvalue weighted by molar-refractivity contribution is -0.147. The molecule has 0 aliphatic heterocycles. The first-order valence-electron chi connectivity index (χ1n) is 8.87. The minimum absolute atomic E-state index is 0.0545. The molecule has 1 aromatic carbocycles. The van der Waals surface area contributed by atoms with Crippen molar-refractivity contribution in [2.24, 2.45) is 0 Å². The van der Waals surface area contributed by atoms with Crippen LogP contribution in [0, 0.1) is 0 Å². The van der Waals surface area contributed by atoms with Gasteiger partial charge in [-0.15, -0.1) is 11.3 Å². The molecule has 2 heterocycles. The Morgan fingerprint density at radius 2 is 2.17 bits per heavy atom. The number of rotatable bonds is 9. The lowest BCUT2D eigenvalue weighted by Gasteiger charge is -2.17. The van der Waals surface area contributed by atoms with Crippen LogP contribution in [-0.4, -0.2) is 34.9 Å². The topological polar surface area (TPSA) is 81.4 Å². The molecule has 2 aromatic heterocycles. The number of aromatic nitrogens is 1. The lowest BCUT2D eigenvalue weighted by atomic mass is 10.1. The molecule has 0 bridgehead atoms. The molecule has 0 fully saturated rings. The molecule has 10 heteroatoms. The van der Waals surface area contributed by atoms with Gasteiger partial charge in [-0.1, -0.05) is 29.3 Å². The van der Waals surface area contributed by atoms with Crippen molar-refractivity contribution in [1.29, 1.82) is 0 Å². The van der Waals surface area contributed by atoms with Crippen LogP contribution in [0.2, 0.25) is 10.0 Å². The summed E-state index contributed by atoms with van der Waals surface area (Å²) in [4.78, 5) is 30.4. The fraction of sp³-hybridized carbons (Fsp3) is 0.250. The molecule has 0 aliphatic carbocycles. The zero-order valence-corrected chi connectivity index (χ0v) is 19.0. The number of thioether (sulfide) groups is 1. The fourth-order valence-electron chi connectivity index (χ4n) is 2.53. The molecule has 0 radical (unpaired) electrons. The Balaban J connectivity index is 1.62. The lowest BCUT2D eigenvalue weighted by Crippen LogP contribution is -2.42. The Hall–Kier alpha value is -2.00. The van der Waals surface area contributed by atoms with Gasteiger partial charge in [-0.05, 0) is 48.1 Å². The Morgan fingerprint density at radius 1 is 1.33 bits per heavy atom. The van der Waals surface area contributed by atoms with Crippen molar-refractivity contribution in [1.82, 2.24) is 10.3 Å². The van der Waals surface area contributed by atoms with E-state index < -0.39 is 17.9 Å². The first-order chi connectivity index (χ1) is 14.5. The number of carbonyl (C=O) groups excluding carboxylic acids is 2. The van der Waals surface area contributed by atoms with Crippen LogP contribution in [0.25, 0.3) is 10.8 Å². The number of nitrogens with zero attached hydrogens (tertiary/aromatic N) is 1. The molecule has 0 saturated carbocycles. The van der Waals surface area contributed by atoms with Gasteiger partial charge in [-0.3, -0.25) is 4.79 Å². The number of oxazole rings is 1. The van der Waals surface area contributed by atoms with E-state index in [-0.39, 0.29) is 17.2 Å². The predicted octanol–water partition coefficient (Wildman–Crippen LogP) is 5.30. The van der Waals surface area contributed by atoms with Crippen LogP contribution in [0.15, 0.2) is 46.4 Å². The third kappa shape index (κ3) is 6.01. The highest BCUT2D eigenvalue weighted by Gasteiger charge is 2.24. The fourth-order valence-corrected chi connectivity index (χ4v) is 4.15. The van der Waals surface area contributed by atoms with Gasteiger partial charge in [-0.2, -0.15) is 11.8 Å². The number of hydrogen-bond donors (Lipinski definition) is 1. The normalized spacial score (nSPS) is 11.8. The Morgan fingerprint density at radius 3 is 2.87 bits per heavy atom. The largest absolute Gasteiger partial charge is 0.458 e. The molecule has 6 nitrogen and oxygen atoms in total. The molecule has 0 saturated heterocycles. The number of hydrogen-bond acceptors (Lipinski definition) is 7. The molecule has 158 valence electrons. The molecule has 3 aromatic rings. The van der Waals surface area contributed by atoms with Crippen LogP contribution in [0.4, 0.5) is 0 Å².